The molecule has 9 heteroatoms. The van der Waals surface area contributed by atoms with Crippen molar-refractivity contribution in [2.24, 2.45) is 0 Å². The van der Waals surface area contributed by atoms with E-state index in [1.807, 2.05) is 6.92 Å². The number of rotatable bonds is 5. The Bertz CT molecular complexity index is 757. The minimum atomic E-state index is -0.860. The summed E-state index contributed by atoms with van der Waals surface area (Å²) < 4.78 is 5.04. The van der Waals surface area contributed by atoms with Gasteiger partial charge in [-0.15, -0.1) is 11.3 Å². The van der Waals surface area contributed by atoms with Gasteiger partial charge in [0.1, 0.15) is 9.58 Å². The van der Waals surface area contributed by atoms with Crippen LogP contribution >= 0.6 is 22.9 Å². The fraction of sp³-hybridized carbons (Fsp3) is 0.308. The molecule has 118 valence electrons. The van der Waals surface area contributed by atoms with Gasteiger partial charge in [0.15, 0.2) is 5.75 Å². The molecule has 0 atom stereocenters. The molecule has 0 unspecified atom stereocenters. The number of phenolic OH excluding ortho intramolecular Hbond substituents is 2. The molecule has 2 N–H and O–H groups in total. The predicted molar refractivity (Wildman–Crippen MR) is 82.0 cm³/mol. The van der Waals surface area contributed by atoms with Crippen molar-refractivity contribution in [1.29, 1.82) is 0 Å². The molecule has 0 aliphatic heterocycles. The van der Waals surface area contributed by atoms with E-state index in [-0.39, 0.29) is 26.6 Å². The lowest BCUT2D eigenvalue weighted by atomic mass is 10.2. The number of hydrogen-bond donors (Lipinski definition) is 2. The second-order valence-electron chi connectivity index (χ2n) is 4.46. The van der Waals surface area contributed by atoms with Crippen molar-refractivity contribution in [2.45, 2.75) is 19.8 Å². The zero-order valence-corrected chi connectivity index (χ0v) is 13.0. The number of fused-ring (bicyclic) bond motifs is 1. The van der Waals surface area contributed by atoms with Crippen LogP contribution < -0.4 is 0 Å². The van der Waals surface area contributed by atoms with Gasteiger partial charge in [-0.25, -0.2) is 4.79 Å². The summed E-state index contributed by atoms with van der Waals surface area (Å²) in [6.07, 6.45) is 1.54. The summed E-state index contributed by atoms with van der Waals surface area (Å²) in [5, 5.41) is 30.4. The lowest BCUT2D eigenvalue weighted by Crippen LogP contribution is -2.04. The van der Waals surface area contributed by atoms with Crippen molar-refractivity contribution in [2.75, 3.05) is 6.61 Å². The van der Waals surface area contributed by atoms with Crippen LogP contribution in [0, 0.1) is 10.1 Å². The number of unbranched alkanes of at least 4 members (excludes halogenated alkanes) is 1. The molecule has 0 spiro atoms. The highest BCUT2D eigenvalue weighted by Gasteiger charge is 2.29. The third-order valence-electron chi connectivity index (χ3n) is 2.95. The molecular formula is C13H12ClNO6S. The maximum absolute atomic E-state index is 12.0. The third-order valence-corrected chi connectivity index (χ3v) is 4.64. The molecule has 1 heterocycles. The first-order valence-corrected chi connectivity index (χ1v) is 7.56. The molecule has 0 saturated heterocycles. The van der Waals surface area contributed by atoms with Crippen molar-refractivity contribution >= 4 is 44.7 Å². The second kappa shape index (κ2) is 6.37. The normalized spacial score (nSPS) is 10.8. The van der Waals surface area contributed by atoms with Crippen molar-refractivity contribution in [1.82, 2.24) is 0 Å². The summed E-state index contributed by atoms with van der Waals surface area (Å²) in [5.41, 5.74) is -0.686. The number of thiophene rings is 1. The molecule has 0 radical (unpaired) electrons. The zero-order chi connectivity index (χ0) is 16.4. The van der Waals surface area contributed by atoms with E-state index in [0.717, 1.165) is 23.8 Å². The van der Waals surface area contributed by atoms with Gasteiger partial charge in [0.2, 0.25) is 5.75 Å². The second-order valence-corrected chi connectivity index (χ2v) is 5.86. The molecule has 0 saturated carbocycles. The molecule has 0 bridgehead atoms. The number of esters is 1. The van der Waals surface area contributed by atoms with Gasteiger partial charge < -0.3 is 14.9 Å². The number of benzene rings is 1. The van der Waals surface area contributed by atoms with Crippen LogP contribution in [-0.2, 0) is 4.74 Å². The first-order valence-electron chi connectivity index (χ1n) is 6.36. The average molecular weight is 346 g/mol. The molecule has 0 fully saturated rings. The monoisotopic (exact) mass is 345 g/mol. The van der Waals surface area contributed by atoms with E-state index >= 15 is 0 Å². The molecule has 0 amide bonds. The highest BCUT2D eigenvalue weighted by molar-refractivity contribution is 7.22. The summed E-state index contributed by atoms with van der Waals surface area (Å²) >= 11 is 6.81. The summed E-state index contributed by atoms with van der Waals surface area (Å²) in [6, 6.07) is 1.08. The standard InChI is InChI=1S/C13H12ClNO6S/c1-2-3-4-21-13(18)12-8(14)6-5-7(16)10(17)9(15(19)20)11(6)22-12/h5,16-17H,2-4H2,1H3. The van der Waals surface area contributed by atoms with Gasteiger partial charge in [-0.05, 0) is 12.5 Å². The number of ether oxygens (including phenoxy) is 1. The number of carbonyl (C=O) groups excluding carboxylic acids is 1. The number of phenols is 2. The van der Waals surface area contributed by atoms with E-state index in [0.29, 0.717) is 6.42 Å². The van der Waals surface area contributed by atoms with E-state index in [1.54, 1.807) is 0 Å². The number of nitro groups is 1. The van der Waals surface area contributed by atoms with Gasteiger partial charge in [-0.1, -0.05) is 24.9 Å². The van der Waals surface area contributed by atoms with Crippen LogP contribution in [0.1, 0.15) is 29.4 Å². The minimum absolute atomic E-state index is 0.000805. The quantitative estimate of drug-likeness (QED) is 0.280. The van der Waals surface area contributed by atoms with Gasteiger partial charge in [0.25, 0.3) is 0 Å². The van der Waals surface area contributed by atoms with E-state index in [1.165, 1.54) is 0 Å². The highest BCUT2D eigenvalue weighted by Crippen LogP contribution is 2.48. The zero-order valence-electron chi connectivity index (χ0n) is 11.5. The van der Waals surface area contributed by atoms with Gasteiger partial charge >= 0.3 is 11.7 Å². The predicted octanol–water partition coefficient (Wildman–Crippen LogP) is 3.83. The van der Waals surface area contributed by atoms with Crippen LogP contribution in [0.15, 0.2) is 6.07 Å². The number of nitro benzene ring substituents is 1. The largest absolute Gasteiger partial charge is 0.504 e. The number of aromatic hydroxyl groups is 2. The van der Waals surface area contributed by atoms with Gasteiger partial charge in [0, 0.05) is 5.39 Å². The van der Waals surface area contributed by atoms with Crippen molar-refractivity contribution in [3.63, 3.8) is 0 Å². The van der Waals surface area contributed by atoms with Crippen LogP contribution in [0.25, 0.3) is 10.1 Å². The Balaban J connectivity index is 2.56. The Morgan fingerprint density at radius 3 is 2.77 bits per heavy atom. The van der Waals surface area contributed by atoms with E-state index in [2.05, 4.69) is 0 Å². The average Bonchev–Trinajstić information content (AvgIpc) is 2.77. The molecule has 0 aliphatic rings. The highest BCUT2D eigenvalue weighted by atomic mass is 35.5. The maximum atomic E-state index is 12.0. The Kier molecular flexibility index (Phi) is 4.72. The molecule has 2 aromatic rings. The summed E-state index contributed by atoms with van der Waals surface area (Å²) in [7, 11) is 0. The molecule has 1 aromatic carbocycles. The van der Waals surface area contributed by atoms with Crippen LogP contribution in [0.5, 0.6) is 11.5 Å². The fourth-order valence-electron chi connectivity index (χ4n) is 1.84. The van der Waals surface area contributed by atoms with Gasteiger partial charge in [-0.3, -0.25) is 10.1 Å². The molecular weight excluding hydrogens is 334 g/mol. The fourth-order valence-corrected chi connectivity index (χ4v) is 3.32. The van der Waals surface area contributed by atoms with E-state index in [9.17, 15) is 25.1 Å². The summed E-state index contributed by atoms with van der Waals surface area (Å²) in [6.45, 7) is 2.16. The minimum Gasteiger partial charge on any atom is -0.504 e. The van der Waals surface area contributed by atoms with Crippen LogP contribution in [0.4, 0.5) is 5.69 Å². The van der Waals surface area contributed by atoms with Crippen molar-refractivity contribution in [3.8, 4) is 11.5 Å². The number of halogens is 1. The molecule has 1 aromatic heterocycles. The Morgan fingerprint density at radius 2 is 2.18 bits per heavy atom. The van der Waals surface area contributed by atoms with Gasteiger partial charge in [0.05, 0.1) is 16.6 Å². The smallest absolute Gasteiger partial charge is 0.349 e. The number of nitrogens with zero attached hydrogens (tertiary/aromatic N) is 1. The van der Waals surface area contributed by atoms with Crippen LogP contribution in [-0.4, -0.2) is 27.7 Å². The van der Waals surface area contributed by atoms with Crippen molar-refractivity contribution < 1.29 is 24.7 Å². The molecule has 22 heavy (non-hydrogen) atoms. The van der Waals surface area contributed by atoms with E-state index < -0.39 is 28.1 Å². The number of hydrogen-bond acceptors (Lipinski definition) is 7. The van der Waals surface area contributed by atoms with Crippen LogP contribution in [0.2, 0.25) is 5.02 Å². The first-order chi connectivity index (χ1) is 10.4. The topological polar surface area (TPSA) is 110 Å². The Hall–Kier alpha value is -2.06. The van der Waals surface area contributed by atoms with Crippen molar-refractivity contribution in [3.05, 3.63) is 26.1 Å². The lowest BCUT2D eigenvalue weighted by Gasteiger charge is -2.01. The molecule has 7 nitrogen and oxygen atoms in total. The molecule has 2 rings (SSSR count). The summed E-state index contributed by atoms with van der Waals surface area (Å²) in [4.78, 5) is 22.2. The third kappa shape index (κ3) is 2.79. The maximum Gasteiger partial charge on any atom is 0.349 e. The Labute approximate surface area is 133 Å². The molecule has 0 aliphatic carbocycles. The summed E-state index contributed by atoms with van der Waals surface area (Å²) in [5.74, 6) is -2.22. The van der Waals surface area contributed by atoms with Crippen LogP contribution in [0.3, 0.4) is 0 Å². The van der Waals surface area contributed by atoms with E-state index in [4.69, 9.17) is 16.3 Å². The SMILES string of the molecule is CCCCOC(=O)c1sc2c([N+](=O)[O-])c(O)c(O)cc2c1Cl. The number of carbonyl (C=O) groups is 1. The lowest BCUT2D eigenvalue weighted by molar-refractivity contribution is -0.383. The Morgan fingerprint density at radius 1 is 1.50 bits per heavy atom. The van der Waals surface area contributed by atoms with Gasteiger partial charge in [-0.2, -0.15) is 0 Å². The first kappa shape index (κ1) is 16.3.